The zero-order valence-electron chi connectivity index (χ0n) is 22.8. The van der Waals surface area contributed by atoms with Crippen LogP contribution in [0.25, 0.3) is 0 Å². The monoisotopic (exact) mass is 479 g/mol. The zero-order valence-corrected chi connectivity index (χ0v) is 22.8. The summed E-state index contributed by atoms with van der Waals surface area (Å²) in [7, 11) is 0. The Kier molecular flexibility index (Phi) is 12.9. The van der Waals surface area contributed by atoms with E-state index in [2.05, 4.69) is 50.2 Å². The minimum atomic E-state index is -0.482. The topological polar surface area (TPSA) is 70.7 Å². The van der Waals surface area contributed by atoms with Gasteiger partial charge in [0.05, 0.1) is 18.1 Å². The molecule has 2 heterocycles. The second-order valence-electron chi connectivity index (χ2n) is 11.7. The Morgan fingerprint density at radius 3 is 2.29 bits per heavy atom. The van der Waals surface area contributed by atoms with Crippen LogP contribution in [0.3, 0.4) is 0 Å². The summed E-state index contributed by atoms with van der Waals surface area (Å²) < 4.78 is 5.97. The van der Waals surface area contributed by atoms with E-state index >= 15 is 0 Å². The van der Waals surface area contributed by atoms with Crippen molar-refractivity contribution in [3.8, 4) is 0 Å². The number of rotatable bonds is 8. The number of likely N-dealkylation sites (tertiary alicyclic amines) is 1. The number of nitrogens with one attached hydrogen (secondary N) is 2. The molecule has 2 rings (SSSR count). The quantitative estimate of drug-likeness (QED) is 0.485. The highest BCUT2D eigenvalue weighted by atomic mass is 16.5. The van der Waals surface area contributed by atoms with Crippen molar-refractivity contribution in [2.75, 3.05) is 32.8 Å². The van der Waals surface area contributed by atoms with Crippen molar-refractivity contribution in [3.63, 3.8) is 0 Å². The molecule has 0 saturated carbocycles. The minimum absolute atomic E-state index is 0.0117. The lowest BCUT2D eigenvalue weighted by Gasteiger charge is -2.42. The van der Waals surface area contributed by atoms with Crippen LogP contribution in [0.2, 0.25) is 0 Å². The summed E-state index contributed by atoms with van der Waals surface area (Å²) in [6, 6.07) is -0.494. The Balaban J connectivity index is 2.15. The summed E-state index contributed by atoms with van der Waals surface area (Å²) in [4.78, 5) is 29.7. The molecule has 2 fully saturated rings. The highest BCUT2D eigenvalue weighted by molar-refractivity contribution is 5.90. The Labute approximate surface area is 209 Å². The van der Waals surface area contributed by atoms with Gasteiger partial charge in [-0.1, -0.05) is 60.3 Å². The van der Waals surface area contributed by atoms with Gasteiger partial charge in [-0.05, 0) is 76.4 Å². The molecule has 2 aliphatic heterocycles. The van der Waals surface area contributed by atoms with E-state index in [1.165, 1.54) is 19.3 Å². The van der Waals surface area contributed by atoms with Crippen molar-refractivity contribution in [2.24, 2.45) is 17.3 Å². The number of carbonyl (C=O) groups excluding carboxylic acids is 2. The van der Waals surface area contributed by atoms with Gasteiger partial charge in [-0.15, -0.1) is 0 Å². The van der Waals surface area contributed by atoms with Crippen LogP contribution in [0, 0.1) is 17.3 Å². The van der Waals surface area contributed by atoms with E-state index in [1.807, 2.05) is 0 Å². The highest BCUT2D eigenvalue weighted by Crippen LogP contribution is 2.37. The van der Waals surface area contributed by atoms with Crippen LogP contribution in [0.5, 0.6) is 0 Å². The van der Waals surface area contributed by atoms with Crippen molar-refractivity contribution < 1.29 is 14.3 Å². The fourth-order valence-electron chi connectivity index (χ4n) is 5.50. The first-order valence-electron chi connectivity index (χ1n) is 14.2. The predicted molar refractivity (Wildman–Crippen MR) is 140 cm³/mol. The maximum Gasteiger partial charge on any atom is 0.242 e. The maximum absolute atomic E-state index is 13.8. The van der Waals surface area contributed by atoms with Crippen LogP contribution in [0.4, 0.5) is 0 Å². The fraction of sp³-hybridized carbons (Fsp3) is 0.929. The molecule has 2 N–H and O–H groups in total. The third-order valence-corrected chi connectivity index (χ3v) is 7.57. The minimum Gasteiger partial charge on any atom is -0.379 e. The molecule has 0 unspecified atom stereocenters. The number of piperidine rings is 1. The Morgan fingerprint density at radius 2 is 1.65 bits per heavy atom. The number of ether oxygens (including phenoxy) is 1. The molecule has 0 aromatic rings. The van der Waals surface area contributed by atoms with E-state index in [9.17, 15) is 9.59 Å². The number of hydrogen-bond acceptors (Lipinski definition) is 4. The number of unbranched alkanes of at least 4 members (excludes halogenated alkanes) is 2. The molecule has 6 nitrogen and oxygen atoms in total. The highest BCUT2D eigenvalue weighted by Gasteiger charge is 2.42. The molecular formula is C28H53N3O3. The molecule has 2 amide bonds. The summed E-state index contributed by atoms with van der Waals surface area (Å²) in [5, 5.41) is 6.46. The van der Waals surface area contributed by atoms with Crippen molar-refractivity contribution in [3.05, 3.63) is 0 Å². The number of amides is 2. The molecule has 34 heavy (non-hydrogen) atoms. The van der Waals surface area contributed by atoms with Gasteiger partial charge in [-0.3, -0.25) is 9.59 Å². The van der Waals surface area contributed by atoms with E-state index in [4.69, 9.17) is 4.74 Å². The van der Waals surface area contributed by atoms with Crippen LogP contribution < -0.4 is 10.6 Å². The number of hydrogen-bond donors (Lipinski definition) is 2. The largest absolute Gasteiger partial charge is 0.379 e. The first-order valence-corrected chi connectivity index (χ1v) is 14.2. The van der Waals surface area contributed by atoms with Crippen molar-refractivity contribution >= 4 is 11.8 Å². The molecule has 0 aromatic heterocycles. The van der Waals surface area contributed by atoms with Gasteiger partial charge < -0.3 is 20.3 Å². The average Bonchev–Trinajstić information content (AvgIpc) is 2.77. The van der Waals surface area contributed by atoms with Gasteiger partial charge in [0.1, 0.15) is 6.04 Å². The van der Waals surface area contributed by atoms with Gasteiger partial charge in [0.25, 0.3) is 0 Å². The van der Waals surface area contributed by atoms with Gasteiger partial charge >= 0.3 is 0 Å². The molecule has 0 bridgehead atoms. The molecule has 1 spiro atoms. The third-order valence-electron chi connectivity index (χ3n) is 7.57. The summed E-state index contributed by atoms with van der Waals surface area (Å²) in [6.07, 6.45) is 11.1. The predicted octanol–water partition coefficient (Wildman–Crippen LogP) is 4.91. The number of nitrogens with zero attached hydrogens (tertiary/aromatic N) is 1. The Hall–Kier alpha value is -1.14. The lowest BCUT2D eigenvalue weighted by molar-refractivity contribution is -0.139. The lowest BCUT2D eigenvalue weighted by atomic mass is 9.73. The molecule has 198 valence electrons. The van der Waals surface area contributed by atoms with E-state index in [0.29, 0.717) is 24.9 Å². The molecule has 0 radical (unpaired) electrons. The Morgan fingerprint density at radius 1 is 0.941 bits per heavy atom. The van der Waals surface area contributed by atoms with E-state index in [1.54, 1.807) is 0 Å². The molecule has 2 atom stereocenters. The van der Waals surface area contributed by atoms with Gasteiger partial charge in [-0.2, -0.15) is 0 Å². The van der Waals surface area contributed by atoms with Crippen LogP contribution in [0.15, 0.2) is 0 Å². The third kappa shape index (κ3) is 9.85. The van der Waals surface area contributed by atoms with Crippen LogP contribution >= 0.6 is 0 Å². The first-order chi connectivity index (χ1) is 16.3. The van der Waals surface area contributed by atoms with E-state index in [-0.39, 0.29) is 23.3 Å². The van der Waals surface area contributed by atoms with Crippen LogP contribution in [-0.4, -0.2) is 61.6 Å². The second-order valence-corrected chi connectivity index (χ2v) is 11.7. The van der Waals surface area contributed by atoms with E-state index in [0.717, 1.165) is 71.2 Å². The molecular weight excluding hydrogens is 426 g/mol. The molecule has 2 aliphatic rings. The summed E-state index contributed by atoms with van der Waals surface area (Å²) in [6.45, 7) is 15.2. The van der Waals surface area contributed by atoms with Crippen LogP contribution in [-0.2, 0) is 14.3 Å². The molecule has 0 aromatic carbocycles. The molecule has 0 aliphatic carbocycles. The zero-order chi connectivity index (χ0) is 25.0. The second kappa shape index (κ2) is 15.1. The average molecular weight is 480 g/mol. The SMILES string of the molecule is CCCCCN1CCC2(CCCCCOC[C@H](CC(C)C)NC(=O)[C@H](CC(C)C)NC2=O)CC1. The van der Waals surface area contributed by atoms with E-state index < -0.39 is 6.04 Å². The standard InChI is InChI=1S/C28H53N3O3/c1-6-7-10-15-31-16-13-28(14-17-31)12-9-8-11-18-34-21-24(19-22(2)3)29-26(32)25(20-23(4)5)30-27(28)33/h22-25H,6-21H2,1-5H3,(H,29,32)(H,30,33)/t24-,25-/m0/s1. The Bertz CT molecular complexity index is 600. The van der Waals surface area contributed by atoms with Crippen molar-refractivity contribution in [2.45, 2.75) is 117 Å². The first kappa shape index (κ1) is 29.1. The summed E-state index contributed by atoms with van der Waals surface area (Å²) >= 11 is 0. The smallest absolute Gasteiger partial charge is 0.242 e. The van der Waals surface area contributed by atoms with Gasteiger partial charge in [0.15, 0.2) is 0 Å². The van der Waals surface area contributed by atoms with Crippen molar-refractivity contribution in [1.82, 2.24) is 15.5 Å². The fourth-order valence-corrected chi connectivity index (χ4v) is 5.50. The maximum atomic E-state index is 13.8. The normalized spacial score (nSPS) is 25.9. The van der Waals surface area contributed by atoms with Gasteiger partial charge in [-0.25, -0.2) is 0 Å². The lowest BCUT2D eigenvalue weighted by Crippen LogP contribution is -2.56. The summed E-state index contributed by atoms with van der Waals surface area (Å²) in [5.41, 5.74) is -0.348. The van der Waals surface area contributed by atoms with Gasteiger partial charge in [0.2, 0.25) is 11.8 Å². The van der Waals surface area contributed by atoms with Crippen molar-refractivity contribution in [1.29, 1.82) is 0 Å². The summed E-state index contributed by atoms with van der Waals surface area (Å²) in [5.74, 6) is 0.846. The van der Waals surface area contributed by atoms with Crippen LogP contribution in [0.1, 0.15) is 105 Å². The van der Waals surface area contributed by atoms with Gasteiger partial charge in [0, 0.05) is 6.61 Å². The molecule has 2 saturated heterocycles. The molecule has 6 heteroatoms. The number of carbonyl (C=O) groups is 2.